The molecular weight excluding hydrogens is 274 g/mol. The Bertz CT molecular complexity index is 596. The summed E-state index contributed by atoms with van der Waals surface area (Å²) in [5.41, 5.74) is 2.21. The predicted molar refractivity (Wildman–Crippen MR) is 78.8 cm³/mol. The molecule has 110 valence electrons. The number of fused-ring (bicyclic) bond motifs is 1. The summed E-state index contributed by atoms with van der Waals surface area (Å²) in [5, 5.41) is 3.37. The molecule has 1 aromatic rings. The van der Waals surface area contributed by atoms with Crippen LogP contribution in [-0.4, -0.2) is 32.1 Å². The van der Waals surface area contributed by atoms with E-state index < -0.39 is 9.84 Å². The van der Waals surface area contributed by atoms with Crippen LogP contribution in [0.4, 0.5) is 0 Å². The Morgan fingerprint density at radius 3 is 2.75 bits per heavy atom. The highest BCUT2D eigenvalue weighted by Crippen LogP contribution is 2.33. The van der Waals surface area contributed by atoms with Crippen LogP contribution < -0.4 is 10.1 Å². The Balaban J connectivity index is 1.81. The SMILES string of the molecule is CC1(Oc2cccc3c2CNCC3)CCS(=O)(=O)CC1. The van der Waals surface area contributed by atoms with Crippen LogP contribution in [0.2, 0.25) is 0 Å². The highest BCUT2D eigenvalue weighted by atomic mass is 32.2. The second-order valence-corrected chi connectivity index (χ2v) is 8.33. The third kappa shape index (κ3) is 2.83. The summed E-state index contributed by atoms with van der Waals surface area (Å²) in [6.45, 7) is 3.86. The number of ether oxygens (including phenoxy) is 1. The van der Waals surface area contributed by atoms with Gasteiger partial charge in [0.25, 0.3) is 0 Å². The molecule has 0 bridgehead atoms. The highest BCUT2D eigenvalue weighted by Gasteiger charge is 2.35. The van der Waals surface area contributed by atoms with Crippen molar-refractivity contribution in [1.82, 2.24) is 5.32 Å². The van der Waals surface area contributed by atoms with Gasteiger partial charge in [-0.1, -0.05) is 12.1 Å². The Morgan fingerprint density at radius 1 is 1.25 bits per heavy atom. The molecule has 0 atom stereocenters. The van der Waals surface area contributed by atoms with Crippen LogP contribution >= 0.6 is 0 Å². The summed E-state index contributed by atoms with van der Waals surface area (Å²) < 4.78 is 29.3. The van der Waals surface area contributed by atoms with E-state index in [0.29, 0.717) is 12.8 Å². The van der Waals surface area contributed by atoms with Gasteiger partial charge in [0.1, 0.15) is 11.4 Å². The zero-order valence-corrected chi connectivity index (χ0v) is 12.6. The van der Waals surface area contributed by atoms with Gasteiger partial charge in [0.15, 0.2) is 9.84 Å². The minimum Gasteiger partial charge on any atom is -0.487 e. The van der Waals surface area contributed by atoms with E-state index >= 15 is 0 Å². The molecule has 1 aromatic carbocycles. The zero-order valence-electron chi connectivity index (χ0n) is 11.8. The largest absolute Gasteiger partial charge is 0.487 e. The van der Waals surface area contributed by atoms with E-state index in [0.717, 1.165) is 25.3 Å². The Morgan fingerprint density at radius 2 is 2.00 bits per heavy atom. The van der Waals surface area contributed by atoms with Gasteiger partial charge in [-0.25, -0.2) is 8.42 Å². The summed E-state index contributed by atoms with van der Waals surface area (Å²) in [5.74, 6) is 1.38. The fourth-order valence-corrected chi connectivity index (χ4v) is 4.61. The molecule has 1 saturated heterocycles. The Kier molecular flexibility index (Phi) is 3.50. The molecule has 20 heavy (non-hydrogen) atoms. The third-order valence-corrected chi connectivity index (χ3v) is 6.00. The van der Waals surface area contributed by atoms with E-state index in [-0.39, 0.29) is 17.1 Å². The molecule has 0 amide bonds. The summed E-state index contributed by atoms with van der Waals surface area (Å²) >= 11 is 0. The number of rotatable bonds is 2. The van der Waals surface area contributed by atoms with Crippen LogP contribution in [0, 0.1) is 0 Å². The number of benzene rings is 1. The van der Waals surface area contributed by atoms with Crippen LogP contribution in [0.25, 0.3) is 0 Å². The Hall–Kier alpha value is -1.07. The monoisotopic (exact) mass is 295 g/mol. The van der Waals surface area contributed by atoms with Gasteiger partial charge in [0.05, 0.1) is 11.5 Å². The summed E-state index contributed by atoms with van der Waals surface area (Å²) in [4.78, 5) is 0. The first-order chi connectivity index (χ1) is 9.48. The molecule has 2 aliphatic heterocycles. The maximum Gasteiger partial charge on any atom is 0.150 e. The fourth-order valence-electron chi connectivity index (χ4n) is 2.92. The van der Waals surface area contributed by atoms with Crippen LogP contribution in [0.15, 0.2) is 18.2 Å². The molecule has 2 heterocycles. The first kappa shape index (κ1) is 13.9. The average molecular weight is 295 g/mol. The van der Waals surface area contributed by atoms with Crippen LogP contribution in [0.3, 0.4) is 0 Å². The number of hydrogen-bond donors (Lipinski definition) is 1. The fraction of sp³-hybridized carbons (Fsp3) is 0.600. The van der Waals surface area contributed by atoms with Crippen LogP contribution in [0.5, 0.6) is 5.75 Å². The lowest BCUT2D eigenvalue weighted by atomic mass is 9.97. The molecule has 0 spiro atoms. The van der Waals surface area contributed by atoms with Crippen molar-refractivity contribution >= 4 is 9.84 Å². The molecule has 0 unspecified atom stereocenters. The Labute approximate surface area is 120 Å². The minimum atomic E-state index is -2.86. The lowest BCUT2D eigenvalue weighted by Gasteiger charge is -2.35. The predicted octanol–water partition coefficient (Wildman–Crippen LogP) is 1.68. The van der Waals surface area contributed by atoms with Gasteiger partial charge in [0.2, 0.25) is 0 Å². The molecular formula is C15H21NO3S. The van der Waals surface area contributed by atoms with Crippen molar-refractivity contribution in [2.45, 2.75) is 38.3 Å². The minimum absolute atomic E-state index is 0.233. The van der Waals surface area contributed by atoms with E-state index in [1.165, 1.54) is 11.1 Å². The molecule has 1 fully saturated rings. The van der Waals surface area contributed by atoms with E-state index in [2.05, 4.69) is 11.4 Å². The lowest BCUT2D eigenvalue weighted by molar-refractivity contribution is 0.0763. The molecule has 0 radical (unpaired) electrons. The molecule has 0 saturated carbocycles. The number of hydrogen-bond acceptors (Lipinski definition) is 4. The highest BCUT2D eigenvalue weighted by molar-refractivity contribution is 7.91. The van der Waals surface area contributed by atoms with Gasteiger partial charge >= 0.3 is 0 Å². The van der Waals surface area contributed by atoms with Crippen molar-refractivity contribution in [3.63, 3.8) is 0 Å². The first-order valence-electron chi connectivity index (χ1n) is 7.18. The zero-order chi connectivity index (χ0) is 14.2. The van der Waals surface area contributed by atoms with Crippen molar-refractivity contribution in [3.05, 3.63) is 29.3 Å². The summed E-state index contributed by atoms with van der Waals surface area (Å²) in [6, 6.07) is 6.18. The van der Waals surface area contributed by atoms with Gasteiger partial charge in [-0.3, -0.25) is 0 Å². The second kappa shape index (κ2) is 5.04. The topological polar surface area (TPSA) is 55.4 Å². The average Bonchev–Trinajstić information content (AvgIpc) is 2.43. The molecule has 5 heteroatoms. The number of sulfone groups is 1. The molecule has 0 aliphatic carbocycles. The van der Waals surface area contributed by atoms with Gasteiger partial charge in [-0.2, -0.15) is 0 Å². The van der Waals surface area contributed by atoms with Crippen molar-refractivity contribution in [2.24, 2.45) is 0 Å². The molecule has 0 aromatic heterocycles. The summed E-state index contributed by atoms with van der Waals surface area (Å²) in [6.07, 6.45) is 2.18. The standard InChI is InChI=1S/C15H21NO3S/c1-15(6-9-20(17,18)10-7-15)19-14-4-2-3-12-5-8-16-11-13(12)14/h2-4,16H,5-11H2,1H3. The first-order valence-corrected chi connectivity index (χ1v) is 9.01. The maximum absolute atomic E-state index is 11.6. The van der Waals surface area contributed by atoms with Crippen molar-refractivity contribution < 1.29 is 13.2 Å². The van der Waals surface area contributed by atoms with Crippen molar-refractivity contribution in [1.29, 1.82) is 0 Å². The third-order valence-electron chi connectivity index (χ3n) is 4.34. The van der Waals surface area contributed by atoms with Gasteiger partial charge < -0.3 is 10.1 Å². The normalized spacial score (nSPS) is 23.9. The van der Waals surface area contributed by atoms with Gasteiger partial charge in [-0.05, 0) is 31.5 Å². The molecule has 3 rings (SSSR count). The van der Waals surface area contributed by atoms with E-state index in [1.54, 1.807) is 0 Å². The summed E-state index contributed by atoms with van der Waals surface area (Å²) in [7, 11) is -2.86. The number of nitrogens with one attached hydrogen (secondary N) is 1. The molecule has 1 N–H and O–H groups in total. The van der Waals surface area contributed by atoms with E-state index in [4.69, 9.17) is 4.74 Å². The maximum atomic E-state index is 11.6. The quantitative estimate of drug-likeness (QED) is 0.902. The molecule has 4 nitrogen and oxygen atoms in total. The van der Waals surface area contributed by atoms with Gasteiger partial charge in [-0.15, -0.1) is 0 Å². The van der Waals surface area contributed by atoms with Crippen LogP contribution in [-0.2, 0) is 22.8 Å². The van der Waals surface area contributed by atoms with E-state index in [1.807, 2.05) is 19.1 Å². The second-order valence-electron chi connectivity index (χ2n) is 6.02. The van der Waals surface area contributed by atoms with Gasteiger partial charge in [0, 0.05) is 24.9 Å². The van der Waals surface area contributed by atoms with Crippen molar-refractivity contribution in [2.75, 3.05) is 18.1 Å². The smallest absolute Gasteiger partial charge is 0.150 e. The van der Waals surface area contributed by atoms with E-state index in [9.17, 15) is 8.42 Å². The molecule has 2 aliphatic rings. The lowest BCUT2D eigenvalue weighted by Crippen LogP contribution is -2.42. The van der Waals surface area contributed by atoms with Crippen LogP contribution in [0.1, 0.15) is 30.9 Å². The van der Waals surface area contributed by atoms with Crippen molar-refractivity contribution in [3.8, 4) is 5.75 Å².